The van der Waals surface area contributed by atoms with E-state index in [1.54, 1.807) is 12.1 Å². The number of rotatable bonds is 3. The van der Waals surface area contributed by atoms with Crippen molar-refractivity contribution in [2.75, 3.05) is 0 Å². The number of benzene rings is 1. The van der Waals surface area contributed by atoms with Gasteiger partial charge in [0.15, 0.2) is 5.82 Å². The van der Waals surface area contributed by atoms with Crippen molar-refractivity contribution in [3.63, 3.8) is 0 Å². The molecule has 0 aliphatic carbocycles. The Morgan fingerprint density at radius 3 is 3.00 bits per heavy atom. The second-order valence-corrected chi connectivity index (χ2v) is 3.47. The normalized spacial score (nSPS) is 10.8. The van der Waals surface area contributed by atoms with Crippen molar-refractivity contribution >= 4 is 24.1 Å². The third kappa shape index (κ3) is 2.35. The molecule has 1 aromatic heterocycles. The zero-order valence-corrected chi connectivity index (χ0v) is 9.00. The molecule has 0 fully saturated rings. The summed E-state index contributed by atoms with van der Waals surface area (Å²) in [6.45, 7) is 0. The van der Waals surface area contributed by atoms with Crippen molar-refractivity contribution in [2.24, 2.45) is 0 Å². The molecule has 1 heterocycles. The van der Waals surface area contributed by atoms with Gasteiger partial charge in [-0.05, 0) is 18.2 Å². The Kier molecular flexibility index (Phi) is 3.12. The smallest absolute Gasteiger partial charge is 0.181 e. The largest absolute Gasteiger partial charge is 0.299 e. The van der Waals surface area contributed by atoms with Crippen LogP contribution in [0.3, 0.4) is 0 Å². The van der Waals surface area contributed by atoms with Gasteiger partial charge >= 0.3 is 0 Å². The maximum atomic E-state index is 10.1. The monoisotopic (exact) mass is 233 g/mol. The van der Waals surface area contributed by atoms with Crippen molar-refractivity contribution in [2.45, 2.75) is 0 Å². The topological polar surface area (TPSA) is 47.8 Å². The predicted octanol–water partition coefficient (Wildman–Crippen LogP) is 2.27. The minimum Gasteiger partial charge on any atom is -0.299 e. The van der Waals surface area contributed by atoms with E-state index < -0.39 is 0 Å². The van der Waals surface area contributed by atoms with Crippen LogP contribution in [0.2, 0.25) is 5.02 Å². The first-order valence-corrected chi connectivity index (χ1v) is 4.96. The third-order valence-electron chi connectivity index (χ3n) is 1.91. The van der Waals surface area contributed by atoms with E-state index >= 15 is 0 Å². The van der Waals surface area contributed by atoms with Gasteiger partial charge in [-0.1, -0.05) is 23.7 Å². The molecule has 0 amide bonds. The first kappa shape index (κ1) is 10.6. The zero-order chi connectivity index (χ0) is 11.4. The lowest BCUT2D eigenvalue weighted by Gasteiger charge is -1.94. The van der Waals surface area contributed by atoms with Crippen LogP contribution in [0.25, 0.3) is 17.6 Å². The number of allylic oxidation sites excluding steroid dienone is 1. The Labute approximate surface area is 97.2 Å². The van der Waals surface area contributed by atoms with Gasteiger partial charge in [-0.2, -0.15) is 0 Å². The van der Waals surface area contributed by atoms with Crippen molar-refractivity contribution < 1.29 is 4.79 Å². The highest BCUT2D eigenvalue weighted by Gasteiger charge is 2.02. The molecule has 0 bridgehead atoms. The Balaban J connectivity index is 2.31. The molecule has 0 saturated carbocycles. The lowest BCUT2D eigenvalue weighted by atomic mass is 10.2. The lowest BCUT2D eigenvalue weighted by Crippen LogP contribution is -1.87. The molecule has 1 aromatic carbocycles. The number of aromatic nitrogens is 3. The van der Waals surface area contributed by atoms with Gasteiger partial charge in [-0.3, -0.25) is 4.79 Å². The van der Waals surface area contributed by atoms with E-state index in [4.69, 9.17) is 11.6 Å². The average Bonchev–Trinajstić information content (AvgIpc) is 2.75. The fourth-order valence-electron chi connectivity index (χ4n) is 1.23. The van der Waals surface area contributed by atoms with Gasteiger partial charge in [0.05, 0.1) is 0 Å². The number of hydrogen-bond acceptors (Lipinski definition) is 3. The van der Waals surface area contributed by atoms with Gasteiger partial charge in [-0.15, -0.1) is 5.10 Å². The molecular formula is C11H8ClN3O. The molecular weight excluding hydrogens is 226 g/mol. The van der Waals surface area contributed by atoms with E-state index in [-0.39, 0.29) is 0 Å². The van der Waals surface area contributed by atoms with Crippen LogP contribution in [0.15, 0.2) is 36.7 Å². The maximum Gasteiger partial charge on any atom is 0.181 e. The van der Waals surface area contributed by atoms with Crippen LogP contribution in [0.4, 0.5) is 0 Å². The minimum absolute atomic E-state index is 0.568. The first-order valence-electron chi connectivity index (χ1n) is 4.58. The van der Waals surface area contributed by atoms with Crippen molar-refractivity contribution in [1.29, 1.82) is 0 Å². The Morgan fingerprint density at radius 2 is 2.25 bits per heavy atom. The first-order chi connectivity index (χ1) is 7.79. The molecule has 0 radical (unpaired) electrons. The summed E-state index contributed by atoms with van der Waals surface area (Å²) in [5.41, 5.74) is 0.839. The van der Waals surface area contributed by atoms with Crippen molar-refractivity contribution in [1.82, 2.24) is 14.8 Å². The highest BCUT2D eigenvalue weighted by atomic mass is 35.5. The van der Waals surface area contributed by atoms with Crippen LogP contribution in [0, 0.1) is 0 Å². The second-order valence-electron chi connectivity index (χ2n) is 3.04. The quantitative estimate of drug-likeness (QED) is 0.604. The second kappa shape index (κ2) is 4.72. The van der Waals surface area contributed by atoms with Gasteiger partial charge in [0.25, 0.3) is 0 Å². The van der Waals surface area contributed by atoms with Gasteiger partial charge in [0.2, 0.25) is 0 Å². The van der Waals surface area contributed by atoms with E-state index in [1.807, 2.05) is 12.1 Å². The molecule has 2 aromatic rings. The molecule has 5 heteroatoms. The van der Waals surface area contributed by atoms with Crippen molar-refractivity contribution in [3.8, 4) is 11.4 Å². The van der Waals surface area contributed by atoms with Gasteiger partial charge in [-0.25, -0.2) is 9.67 Å². The summed E-state index contributed by atoms with van der Waals surface area (Å²) in [5, 5.41) is 4.80. The summed E-state index contributed by atoms with van der Waals surface area (Å²) in [4.78, 5) is 14.2. The lowest BCUT2D eigenvalue weighted by molar-refractivity contribution is -0.104. The molecule has 4 nitrogen and oxygen atoms in total. The molecule has 0 atom stereocenters. The highest BCUT2D eigenvalue weighted by molar-refractivity contribution is 6.30. The zero-order valence-electron chi connectivity index (χ0n) is 8.25. The molecule has 0 spiro atoms. The van der Waals surface area contributed by atoms with Gasteiger partial charge in [0.1, 0.15) is 12.6 Å². The molecule has 0 aliphatic rings. The fraction of sp³-hybridized carbons (Fsp3) is 0. The number of aldehydes is 1. The summed E-state index contributed by atoms with van der Waals surface area (Å²) in [7, 11) is 0. The van der Waals surface area contributed by atoms with E-state index in [9.17, 15) is 4.79 Å². The van der Waals surface area contributed by atoms with E-state index in [2.05, 4.69) is 10.1 Å². The maximum absolute atomic E-state index is 10.1. The summed E-state index contributed by atoms with van der Waals surface area (Å²) in [6.07, 6.45) is 5.07. The Bertz CT molecular complexity index is 534. The number of carbonyl (C=O) groups is 1. The predicted molar refractivity (Wildman–Crippen MR) is 61.9 cm³/mol. The van der Waals surface area contributed by atoms with Crippen molar-refractivity contribution in [3.05, 3.63) is 41.7 Å². The van der Waals surface area contributed by atoms with Crippen LogP contribution >= 0.6 is 11.6 Å². The van der Waals surface area contributed by atoms with E-state index in [0.717, 1.165) is 5.56 Å². The molecule has 0 unspecified atom stereocenters. The Morgan fingerprint density at radius 1 is 1.38 bits per heavy atom. The van der Waals surface area contributed by atoms with Gasteiger partial charge in [0, 0.05) is 16.8 Å². The molecule has 0 N–H and O–H groups in total. The van der Waals surface area contributed by atoms with E-state index in [1.165, 1.54) is 23.3 Å². The third-order valence-corrected chi connectivity index (χ3v) is 2.14. The van der Waals surface area contributed by atoms with E-state index in [0.29, 0.717) is 17.1 Å². The molecule has 80 valence electrons. The molecule has 0 saturated heterocycles. The number of carbonyl (C=O) groups excluding carboxylic acids is 1. The number of nitrogens with zero attached hydrogens (tertiary/aromatic N) is 3. The number of halogens is 1. The van der Waals surface area contributed by atoms with Crippen LogP contribution in [-0.4, -0.2) is 21.1 Å². The SMILES string of the molecule is O=C/C=C\n1cnc(-c2cccc(Cl)c2)n1. The van der Waals surface area contributed by atoms with Crippen LogP contribution in [0.5, 0.6) is 0 Å². The molecule has 16 heavy (non-hydrogen) atoms. The minimum atomic E-state index is 0.568. The summed E-state index contributed by atoms with van der Waals surface area (Å²) in [6, 6.07) is 7.27. The standard InChI is InChI=1S/C11H8ClN3O/c12-10-4-1-3-9(7-10)11-13-8-15(14-11)5-2-6-16/h1-8H/b5-2-. The summed E-state index contributed by atoms with van der Waals surface area (Å²) < 4.78 is 1.46. The summed E-state index contributed by atoms with van der Waals surface area (Å²) in [5.74, 6) is 0.568. The fourth-order valence-corrected chi connectivity index (χ4v) is 1.42. The number of hydrogen-bond donors (Lipinski definition) is 0. The van der Waals surface area contributed by atoms with Crippen LogP contribution < -0.4 is 0 Å². The van der Waals surface area contributed by atoms with Crippen LogP contribution in [-0.2, 0) is 4.79 Å². The molecule has 2 rings (SSSR count). The molecule has 0 aliphatic heterocycles. The van der Waals surface area contributed by atoms with Gasteiger partial charge < -0.3 is 0 Å². The van der Waals surface area contributed by atoms with Crippen LogP contribution in [0.1, 0.15) is 0 Å². The summed E-state index contributed by atoms with van der Waals surface area (Å²) >= 11 is 5.86. The Hall–Kier alpha value is -1.94. The average molecular weight is 234 g/mol. The highest BCUT2D eigenvalue weighted by Crippen LogP contribution is 2.18.